The van der Waals surface area contributed by atoms with Crippen molar-refractivity contribution in [1.29, 1.82) is 0 Å². The molecule has 2 aliphatic rings. The minimum absolute atomic E-state index is 0.223. The van der Waals surface area contributed by atoms with Gasteiger partial charge in [0.05, 0.1) is 0 Å². The van der Waals surface area contributed by atoms with Crippen LogP contribution >= 0.6 is 0 Å². The molecule has 0 bridgehead atoms. The molecule has 3 rings (SSSR count). The summed E-state index contributed by atoms with van der Waals surface area (Å²) in [7, 11) is 2.04. The van der Waals surface area contributed by atoms with Crippen molar-refractivity contribution in [2.24, 2.45) is 0 Å². The molecule has 9 nitrogen and oxygen atoms in total. The second-order valence-electron chi connectivity index (χ2n) is 7.08. The van der Waals surface area contributed by atoms with Gasteiger partial charge in [0.1, 0.15) is 29.3 Å². The monoisotopic (exact) mass is 371 g/mol. The molecule has 3 heterocycles. The number of nitrogen functional groups attached to an aromatic ring is 1. The highest BCUT2D eigenvalue weighted by Gasteiger charge is 2.49. The molecule has 4 N–H and O–H groups in total. The number of likely N-dealkylation sites (tertiary alicyclic amines) is 1. The minimum Gasteiger partial charge on any atom is -0.384 e. The van der Waals surface area contributed by atoms with Crippen LogP contribution in [0, 0.1) is 0 Å². The van der Waals surface area contributed by atoms with E-state index in [1.807, 2.05) is 27.0 Å². The van der Waals surface area contributed by atoms with E-state index >= 15 is 0 Å². The fourth-order valence-corrected chi connectivity index (χ4v) is 3.60. The smallest absolute Gasteiger partial charge is 0.270 e. The Morgan fingerprint density at radius 3 is 2.67 bits per heavy atom. The SMILES string of the molecule is CC(/C=C(\C)Nc1cc(N)ncn1)=C1\C(=O)NC2(CCN(C)CC2)N1C=O. The Morgan fingerprint density at radius 2 is 2.04 bits per heavy atom. The Hall–Kier alpha value is -2.94. The van der Waals surface area contributed by atoms with Gasteiger partial charge in [-0.3, -0.25) is 14.5 Å². The maximum Gasteiger partial charge on any atom is 0.270 e. The number of anilines is 2. The molecule has 144 valence electrons. The standard InChI is InChI=1S/C18H25N7O2/c1-12(8-13(2)22-15-9-14(19)20-10-21-15)16-17(27)23-18(25(16)11-26)4-6-24(3)7-5-18/h8-11H,4-7H2,1-3H3,(H,23,27)(H3,19,20,21,22)/b13-8+,16-12-. The summed E-state index contributed by atoms with van der Waals surface area (Å²) in [4.78, 5) is 36.2. The van der Waals surface area contributed by atoms with Crippen molar-refractivity contribution >= 4 is 24.0 Å². The summed E-state index contributed by atoms with van der Waals surface area (Å²) in [6.07, 6.45) is 5.35. The first kappa shape index (κ1) is 18.8. The van der Waals surface area contributed by atoms with Gasteiger partial charge in [0.15, 0.2) is 0 Å². The van der Waals surface area contributed by atoms with Crippen LogP contribution < -0.4 is 16.4 Å². The maximum absolute atomic E-state index is 12.7. The topological polar surface area (TPSA) is 116 Å². The van der Waals surface area contributed by atoms with Gasteiger partial charge in [-0.05, 0) is 32.5 Å². The molecule has 1 aromatic heterocycles. The molecule has 2 fully saturated rings. The zero-order valence-corrected chi connectivity index (χ0v) is 15.8. The molecular weight excluding hydrogens is 346 g/mol. The molecule has 9 heteroatoms. The highest BCUT2D eigenvalue weighted by atomic mass is 16.2. The molecule has 1 aromatic rings. The molecular formula is C18H25N7O2. The number of rotatable bonds is 4. The lowest BCUT2D eigenvalue weighted by atomic mass is 9.96. The van der Waals surface area contributed by atoms with E-state index in [-0.39, 0.29) is 5.91 Å². The van der Waals surface area contributed by atoms with E-state index in [2.05, 4.69) is 25.5 Å². The van der Waals surface area contributed by atoms with Crippen molar-refractivity contribution in [3.05, 3.63) is 35.4 Å². The first-order chi connectivity index (χ1) is 12.8. The highest BCUT2D eigenvalue weighted by molar-refractivity contribution is 5.99. The number of nitrogens with zero attached hydrogens (tertiary/aromatic N) is 4. The quantitative estimate of drug-likeness (QED) is 0.526. The third kappa shape index (κ3) is 3.77. The molecule has 2 aliphatic heterocycles. The van der Waals surface area contributed by atoms with E-state index in [4.69, 9.17) is 5.73 Å². The Bertz CT molecular complexity index is 810. The van der Waals surface area contributed by atoms with Crippen LogP contribution in [-0.4, -0.2) is 57.9 Å². The van der Waals surface area contributed by atoms with Gasteiger partial charge in [0.2, 0.25) is 6.41 Å². The van der Waals surface area contributed by atoms with E-state index in [9.17, 15) is 9.59 Å². The van der Waals surface area contributed by atoms with Gasteiger partial charge in [-0.15, -0.1) is 0 Å². The second kappa shape index (κ2) is 7.36. The summed E-state index contributed by atoms with van der Waals surface area (Å²) in [5.74, 6) is 0.699. The Kier molecular flexibility index (Phi) is 5.13. The van der Waals surface area contributed by atoms with E-state index < -0.39 is 5.66 Å². The molecule has 2 amide bonds. The van der Waals surface area contributed by atoms with Gasteiger partial charge in [-0.25, -0.2) is 9.97 Å². The molecule has 0 unspecified atom stereocenters. The third-order valence-corrected chi connectivity index (χ3v) is 5.00. The fourth-order valence-electron chi connectivity index (χ4n) is 3.60. The van der Waals surface area contributed by atoms with Crippen LogP contribution in [0.25, 0.3) is 0 Å². The third-order valence-electron chi connectivity index (χ3n) is 5.00. The van der Waals surface area contributed by atoms with Crippen molar-refractivity contribution in [2.45, 2.75) is 32.4 Å². The van der Waals surface area contributed by atoms with E-state index in [0.717, 1.165) is 25.2 Å². The van der Waals surface area contributed by atoms with E-state index in [1.165, 1.54) is 6.33 Å². The largest absolute Gasteiger partial charge is 0.384 e. The van der Waals surface area contributed by atoms with Gasteiger partial charge < -0.3 is 21.3 Å². The molecule has 0 aliphatic carbocycles. The Labute approximate surface area is 158 Å². The summed E-state index contributed by atoms with van der Waals surface area (Å²) in [6.45, 7) is 5.32. The zero-order chi connectivity index (χ0) is 19.6. The summed E-state index contributed by atoms with van der Waals surface area (Å²) in [5.41, 5.74) is 6.88. The normalized spacial score (nSPS) is 22.0. The van der Waals surface area contributed by atoms with Crippen LogP contribution in [0.2, 0.25) is 0 Å². The van der Waals surface area contributed by atoms with Gasteiger partial charge >= 0.3 is 0 Å². The van der Waals surface area contributed by atoms with Crippen LogP contribution in [0.15, 0.2) is 35.4 Å². The van der Waals surface area contributed by atoms with Crippen molar-refractivity contribution in [1.82, 2.24) is 25.1 Å². The van der Waals surface area contributed by atoms with Crippen LogP contribution in [0.4, 0.5) is 11.6 Å². The molecule has 1 spiro atoms. The summed E-state index contributed by atoms with van der Waals surface area (Å²) in [5, 5.41) is 6.15. The Morgan fingerprint density at radius 1 is 1.33 bits per heavy atom. The van der Waals surface area contributed by atoms with E-state index in [0.29, 0.717) is 35.7 Å². The zero-order valence-electron chi connectivity index (χ0n) is 15.8. The molecule has 0 aromatic carbocycles. The lowest BCUT2D eigenvalue weighted by molar-refractivity contribution is -0.122. The van der Waals surface area contributed by atoms with Crippen molar-refractivity contribution < 1.29 is 9.59 Å². The number of hydrogen-bond donors (Lipinski definition) is 3. The van der Waals surface area contributed by atoms with Gasteiger partial charge in [0, 0.05) is 37.7 Å². The lowest BCUT2D eigenvalue weighted by Gasteiger charge is -2.41. The number of allylic oxidation sites excluding steroid dienone is 3. The van der Waals surface area contributed by atoms with Crippen LogP contribution in [-0.2, 0) is 9.59 Å². The lowest BCUT2D eigenvalue weighted by Crippen LogP contribution is -2.57. The summed E-state index contributed by atoms with van der Waals surface area (Å²) >= 11 is 0. The maximum atomic E-state index is 12.7. The van der Waals surface area contributed by atoms with E-state index in [1.54, 1.807) is 11.0 Å². The molecule has 27 heavy (non-hydrogen) atoms. The van der Waals surface area contributed by atoms with Crippen molar-refractivity contribution in [3.8, 4) is 0 Å². The number of nitrogens with two attached hydrogens (primary N) is 1. The van der Waals surface area contributed by atoms with Gasteiger partial charge in [-0.1, -0.05) is 0 Å². The second-order valence-corrected chi connectivity index (χ2v) is 7.08. The average Bonchev–Trinajstić information content (AvgIpc) is 2.88. The van der Waals surface area contributed by atoms with Crippen LogP contribution in [0.5, 0.6) is 0 Å². The van der Waals surface area contributed by atoms with Crippen LogP contribution in [0.1, 0.15) is 26.7 Å². The first-order valence-corrected chi connectivity index (χ1v) is 8.84. The number of carbonyl (C=O) groups is 2. The number of nitrogens with one attached hydrogen (secondary N) is 2. The fraction of sp³-hybridized carbons (Fsp3) is 0.444. The number of carbonyl (C=O) groups excluding carboxylic acids is 2. The highest BCUT2D eigenvalue weighted by Crippen LogP contribution is 2.34. The first-order valence-electron chi connectivity index (χ1n) is 8.84. The summed E-state index contributed by atoms with van der Waals surface area (Å²) < 4.78 is 0. The van der Waals surface area contributed by atoms with Crippen molar-refractivity contribution in [2.75, 3.05) is 31.2 Å². The van der Waals surface area contributed by atoms with Gasteiger partial charge in [0.25, 0.3) is 5.91 Å². The average molecular weight is 371 g/mol. The molecule has 0 radical (unpaired) electrons. The molecule has 0 saturated carbocycles. The Balaban J connectivity index is 1.86. The number of aromatic nitrogens is 2. The predicted molar refractivity (Wildman–Crippen MR) is 102 cm³/mol. The number of piperidine rings is 1. The molecule has 0 atom stereocenters. The number of amides is 2. The summed E-state index contributed by atoms with van der Waals surface area (Å²) in [6, 6.07) is 1.62. The van der Waals surface area contributed by atoms with Crippen molar-refractivity contribution in [3.63, 3.8) is 0 Å². The number of hydrogen-bond acceptors (Lipinski definition) is 7. The molecule has 2 saturated heterocycles. The minimum atomic E-state index is -0.627. The predicted octanol–water partition coefficient (Wildman–Crippen LogP) is 0.659. The van der Waals surface area contributed by atoms with Gasteiger partial charge in [-0.2, -0.15) is 0 Å². The van der Waals surface area contributed by atoms with Crippen LogP contribution in [0.3, 0.4) is 0 Å².